The minimum absolute atomic E-state index is 0.208. The molecule has 0 N–H and O–H groups in total. The van der Waals surface area contributed by atoms with Crippen molar-refractivity contribution in [2.24, 2.45) is 0 Å². The fourth-order valence-electron chi connectivity index (χ4n) is 1.61. The number of hydrogen-bond donors (Lipinski definition) is 0. The lowest BCUT2D eigenvalue weighted by atomic mass is 10.1. The average Bonchev–Trinajstić information content (AvgIpc) is 2.37. The first-order chi connectivity index (χ1) is 8.17. The zero-order chi connectivity index (χ0) is 12.4. The molecule has 0 amide bonds. The second-order valence-electron chi connectivity index (χ2n) is 3.42. The van der Waals surface area contributed by atoms with Crippen LogP contribution < -0.4 is 5.43 Å². The summed E-state index contributed by atoms with van der Waals surface area (Å²) in [5.74, 6) is -0.502. The molecule has 1 aromatic heterocycles. The molecule has 0 aliphatic rings. The SMILES string of the molecule is C=Cc1cc(C(=O)OC)cc2c(=O)ccoc12. The Labute approximate surface area is 97.1 Å². The molecule has 17 heavy (non-hydrogen) atoms. The van der Waals surface area contributed by atoms with E-state index in [2.05, 4.69) is 11.3 Å². The second kappa shape index (κ2) is 4.25. The predicted octanol–water partition coefficient (Wildman–Crippen LogP) is 2.22. The molecule has 1 heterocycles. The standard InChI is InChI=1S/C13H10O4/c1-3-8-6-9(13(15)16-2)7-10-11(14)4-5-17-12(8)10/h3-7H,1H2,2H3. The number of carbonyl (C=O) groups is 1. The predicted molar refractivity (Wildman–Crippen MR) is 63.9 cm³/mol. The molecular weight excluding hydrogens is 220 g/mol. The van der Waals surface area contributed by atoms with Gasteiger partial charge in [0.05, 0.1) is 24.3 Å². The molecule has 0 aliphatic carbocycles. The highest BCUT2D eigenvalue weighted by molar-refractivity contribution is 5.97. The Balaban J connectivity index is 2.85. The maximum Gasteiger partial charge on any atom is 0.337 e. The van der Waals surface area contributed by atoms with E-state index in [0.717, 1.165) is 0 Å². The highest BCUT2D eigenvalue weighted by atomic mass is 16.5. The van der Waals surface area contributed by atoms with Gasteiger partial charge in [0.1, 0.15) is 5.58 Å². The summed E-state index contributed by atoms with van der Waals surface area (Å²) < 4.78 is 9.88. The van der Waals surface area contributed by atoms with E-state index in [9.17, 15) is 9.59 Å². The lowest BCUT2D eigenvalue weighted by Crippen LogP contribution is -2.05. The third-order valence-corrected chi connectivity index (χ3v) is 2.43. The Morgan fingerprint density at radius 2 is 2.24 bits per heavy atom. The first kappa shape index (κ1) is 11.1. The van der Waals surface area contributed by atoms with Gasteiger partial charge in [0, 0.05) is 11.6 Å². The Morgan fingerprint density at radius 3 is 2.88 bits per heavy atom. The molecular formula is C13H10O4. The summed E-state index contributed by atoms with van der Waals surface area (Å²) >= 11 is 0. The summed E-state index contributed by atoms with van der Waals surface area (Å²) in [6, 6.07) is 4.33. The van der Waals surface area contributed by atoms with Crippen LogP contribution in [0.15, 0.2) is 40.3 Å². The van der Waals surface area contributed by atoms with Gasteiger partial charge in [-0.3, -0.25) is 4.79 Å². The number of hydrogen-bond acceptors (Lipinski definition) is 4. The number of methoxy groups -OCH3 is 1. The van der Waals surface area contributed by atoms with Crippen molar-refractivity contribution in [3.8, 4) is 0 Å². The van der Waals surface area contributed by atoms with Crippen molar-refractivity contribution in [3.05, 3.63) is 52.4 Å². The van der Waals surface area contributed by atoms with Crippen molar-refractivity contribution < 1.29 is 13.9 Å². The minimum Gasteiger partial charge on any atom is -0.465 e. The number of rotatable bonds is 2. The fraction of sp³-hybridized carbons (Fsp3) is 0.0769. The Bertz CT molecular complexity index is 652. The van der Waals surface area contributed by atoms with Gasteiger partial charge in [-0.15, -0.1) is 0 Å². The van der Waals surface area contributed by atoms with Crippen LogP contribution in [0.4, 0.5) is 0 Å². The van der Waals surface area contributed by atoms with Crippen LogP contribution in [-0.4, -0.2) is 13.1 Å². The molecule has 4 nitrogen and oxygen atoms in total. The summed E-state index contributed by atoms with van der Waals surface area (Å²) in [6.45, 7) is 3.62. The lowest BCUT2D eigenvalue weighted by Gasteiger charge is -2.04. The van der Waals surface area contributed by atoms with Gasteiger partial charge in [-0.05, 0) is 12.1 Å². The molecule has 0 aliphatic heterocycles. The van der Waals surface area contributed by atoms with Gasteiger partial charge >= 0.3 is 5.97 Å². The number of fused-ring (bicyclic) bond motifs is 1. The maximum absolute atomic E-state index is 11.7. The molecule has 2 aromatic rings. The maximum atomic E-state index is 11.7. The van der Waals surface area contributed by atoms with Gasteiger partial charge in [0.2, 0.25) is 0 Å². The molecule has 86 valence electrons. The topological polar surface area (TPSA) is 56.5 Å². The van der Waals surface area contributed by atoms with Crippen molar-refractivity contribution in [1.29, 1.82) is 0 Å². The average molecular weight is 230 g/mol. The molecule has 2 rings (SSSR count). The zero-order valence-electron chi connectivity index (χ0n) is 9.23. The van der Waals surface area contributed by atoms with E-state index in [-0.39, 0.29) is 5.43 Å². The van der Waals surface area contributed by atoms with Gasteiger partial charge in [-0.1, -0.05) is 12.7 Å². The van der Waals surface area contributed by atoms with Crippen LogP contribution in [0.25, 0.3) is 17.0 Å². The van der Waals surface area contributed by atoms with Crippen LogP contribution >= 0.6 is 0 Å². The monoisotopic (exact) mass is 230 g/mol. The van der Waals surface area contributed by atoms with Gasteiger partial charge in [-0.25, -0.2) is 4.79 Å². The Hall–Kier alpha value is -2.36. The van der Waals surface area contributed by atoms with Gasteiger partial charge in [0.25, 0.3) is 0 Å². The van der Waals surface area contributed by atoms with E-state index in [1.54, 1.807) is 6.07 Å². The third kappa shape index (κ3) is 1.85. The van der Waals surface area contributed by atoms with Crippen LogP contribution in [0, 0.1) is 0 Å². The first-order valence-corrected chi connectivity index (χ1v) is 4.93. The van der Waals surface area contributed by atoms with Crippen molar-refractivity contribution in [1.82, 2.24) is 0 Å². The Kier molecular flexibility index (Phi) is 2.78. The van der Waals surface area contributed by atoms with Gasteiger partial charge < -0.3 is 9.15 Å². The normalized spacial score (nSPS) is 10.2. The van der Waals surface area contributed by atoms with Crippen molar-refractivity contribution >= 4 is 23.0 Å². The molecule has 0 saturated heterocycles. The summed E-state index contributed by atoms with van der Waals surface area (Å²) in [5.41, 5.74) is 1.09. The van der Waals surface area contributed by atoms with E-state index in [0.29, 0.717) is 22.1 Å². The number of benzene rings is 1. The van der Waals surface area contributed by atoms with Crippen LogP contribution in [0.1, 0.15) is 15.9 Å². The molecule has 0 spiro atoms. The van der Waals surface area contributed by atoms with Crippen LogP contribution in [-0.2, 0) is 4.74 Å². The number of carbonyl (C=O) groups excluding carboxylic acids is 1. The zero-order valence-corrected chi connectivity index (χ0v) is 9.23. The van der Waals surface area contributed by atoms with Crippen LogP contribution in [0.3, 0.4) is 0 Å². The quantitative estimate of drug-likeness (QED) is 0.742. The second-order valence-corrected chi connectivity index (χ2v) is 3.42. The van der Waals surface area contributed by atoms with Crippen LogP contribution in [0.2, 0.25) is 0 Å². The van der Waals surface area contributed by atoms with Crippen molar-refractivity contribution in [2.75, 3.05) is 7.11 Å². The molecule has 0 radical (unpaired) electrons. The lowest BCUT2D eigenvalue weighted by molar-refractivity contribution is 0.0601. The van der Waals surface area contributed by atoms with Gasteiger partial charge in [0.15, 0.2) is 5.43 Å². The van der Waals surface area contributed by atoms with Gasteiger partial charge in [-0.2, -0.15) is 0 Å². The van der Waals surface area contributed by atoms with E-state index in [4.69, 9.17) is 4.42 Å². The fourth-order valence-corrected chi connectivity index (χ4v) is 1.61. The molecule has 1 aromatic carbocycles. The van der Waals surface area contributed by atoms with Crippen molar-refractivity contribution in [2.45, 2.75) is 0 Å². The Morgan fingerprint density at radius 1 is 1.47 bits per heavy atom. The minimum atomic E-state index is -0.502. The summed E-state index contributed by atoms with van der Waals surface area (Å²) in [7, 11) is 1.29. The number of ether oxygens (including phenoxy) is 1. The molecule has 0 atom stereocenters. The van der Waals surface area contributed by atoms with E-state index < -0.39 is 5.97 Å². The summed E-state index contributed by atoms with van der Waals surface area (Å²) in [5, 5.41) is 0.338. The smallest absolute Gasteiger partial charge is 0.337 e. The van der Waals surface area contributed by atoms with Crippen LogP contribution in [0.5, 0.6) is 0 Å². The van der Waals surface area contributed by atoms with Crippen molar-refractivity contribution in [3.63, 3.8) is 0 Å². The highest BCUT2D eigenvalue weighted by Gasteiger charge is 2.12. The molecule has 0 fully saturated rings. The number of esters is 1. The molecule has 0 saturated carbocycles. The molecule has 0 unspecified atom stereocenters. The molecule has 4 heteroatoms. The largest absolute Gasteiger partial charge is 0.465 e. The summed E-state index contributed by atoms with van der Waals surface area (Å²) in [6.07, 6.45) is 2.84. The summed E-state index contributed by atoms with van der Waals surface area (Å²) in [4.78, 5) is 23.1. The first-order valence-electron chi connectivity index (χ1n) is 4.93. The third-order valence-electron chi connectivity index (χ3n) is 2.43. The highest BCUT2D eigenvalue weighted by Crippen LogP contribution is 2.20. The molecule has 0 bridgehead atoms. The van der Waals surface area contributed by atoms with E-state index in [1.165, 1.54) is 31.6 Å². The van der Waals surface area contributed by atoms with E-state index >= 15 is 0 Å². The van der Waals surface area contributed by atoms with E-state index in [1.807, 2.05) is 0 Å².